The zero-order valence-electron chi connectivity index (χ0n) is 37.6. The van der Waals surface area contributed by atoms with Crippen molar-refractivity contribution in [2.24, 2.45) is 5.73 Å². The summed E-state index contributed by atoms with van der Waals surface area (Å²) in [5.41, 5.74) is 8.96. The molecule has 0 atom stereocenters. The maximum absolute atomic E-state index is 13.5. The number of aromatic nitrogens is 6. The molecule has 0 unspecified atom stereocenters. The van der Waals surface area contributed by atoms with Crippen LogP contribution in [0.5, 0.6) is 0 Å². The van der Waals surface area contributed by atoms with Crippen molar-refractivity contribution in [1.29, 1.82) is 0 Å². The number of carbonyl (C=O) groups excluding carboxylic acids is 1. The zero-order chi connectivity index (χ0) is 46.6. The van der Waals surface area contributed by atoms with Gasteiger partial charge in [-0.1, -0.05) is 73.4 Å². The predicted octanol–water partition coefficient (Wildman–Crippen LogP) is 8.75. The number of amides is 1. The fourth-order valence-electron chi connectivity index (χ4n) is 8.28. The number of hydrogen-bond donors (Lipinski definition) is 4. The minimum Gasteiger partial charge on any atom is -0.453 e. The molecule has 6 aromatic rings. The van der Waals surface area contributed by atoms with E-state index in [2.05, 4.69) is 40.6 Å². The van der Waals surface area contributed by atoms with Crippen molar-refractivity contribution in [2.75, 3.05) is 31.0 Å². The SMILES string of the molecule is CCCOCn1c(=O)c(-c2ccccc2Cl)cc2cnc(NC3CCC(N)CC3)nc21.CCCOCn1c(=O)c(-c2ccccc2Cl)cc2cnc(NC3CCC(NC(=O)OC)CC3)nc21. The summed E-state index contributed by atoms with van der Waals surface area (Å²) in [7, 11) is 1.36. The van der Waals surface area contributed by atoms with Gasteiger partial charge in [0.05, 0.1) is 7.11 Å². The molecule has 2 aliphatic rings. The number of rotatable bonds is 15. The normalized spacial score (nSPS) is 18.3. The monoisotopic (exact) mass is 940 g/mol. The molecule has 5 N–H and O–H groups in total. The van der Waals surface area contributed by atoms with Crippen LogP contribution in [-0.4, -0.2) is 79.7 Å². The van der Waals surface area contributed by atoms with Gasteiger partial charge in [0, 0.05) is 92.8 Å². The minimum absolute atomic E-state index is 0.0855. The Morgan fingerprint density at radius 2 is 1.09 bits per heavy atom. The summed E-state index contributed by atoms with van der Waals surface area (Å²) in [5, 5.41) is 12.1. The highest BCUT2D eigenvalue weighted by atomic mass is 35.5. The zero-order valence-corrected chi connectivity index (χ0v) is 39.1. The molecule has 16 nitrogen and oxygen atoms in total. The molecule has 0 bridgehead atoms. The van der Waals surface area contributed by atoms with Crippen molar-refractivity contribution in [1.82, 2.24) is 34.4 Å². The van der Waals surface area contributed by atoms with E-state index >= 15 is 0 Å². The van der Waals surface area contributed by atoms with E-state index in [4.69, 9.17) is 38.4 Å². The fourth-order valence-corrected chi connectivity index (χ4v) is 8.75. The molecule has 0 saturated heterocycles. The Morgan fingerprint density at radius 1 is 0.667 bits per heavy atom. The molecule has 2 aromatic carbocycles. The number of benzene rings is 2. The standard InChI is InChI=1S/C25H30ClN5O4.C23H28ClN5O2/c1-3-12-35-15-31-22-16(13-20(23(31)32)19-6-4-5-7-21(19)26)14-27-24(30-22)28-17-8-10-18(11-9-17)29-25(33)34-2;1-2-11-31-14-29-21-15(12-19(22(29)30)18-5-3-4-6-20(18)24)13-26-23(28-21)27-17-9-7-16(25)8-10-17/h4-7,13-14,17-18H,3,8-12,15H2,1-2H3,(H,29,33)(H,27,28,30);3-6,12-13,16-17H,2,7-11,14,25H2,1H3,(H,26,27,28). The number of nitrogens with one attached hydrogen (secondary N) is 3. The molecule has 8 rings (SSSR count). The van der Waals surface area contributed by atoms with Crippen LogP contribution in [0.15, 0.2) is 82.6 Å². The number of ether oxygens (including phenoxy) is 3. The van der Waals surface area contributed by atoms with E-state index in [9.17, 15) is 14.4 Å². The first kappa shape index (κ1) is 48.3. The Balaban J connectivity index is 0.000000198. The van der Waals surface area contributed by atoms with Gasteiger partial charge in [-0.15, -0.1) is 0 Å². The van der Waals surface area contributed by atoms with Crippen molar-refractivity contribution in [2.45, 2.75) is 116 Å². The average Bonchev–Trinajstić information content (AvgIpc) is 3.32. The van der Waals surface area contributed by atoms with Crippen LogP contribution < -0.4 is 32.8 Å². The lowest BCUT2D eigenvalue weighted by molar-refractivity contribution is 0.0778. The van der Waals surface area contributed by atoms with Crippen molar-refractivity contribution in [3.05, 3.63) is 104 Å². The van der Waals surface area contributed by atoms with E-state index in [0.717, 1.165) is 75.0 Å². The van der Waals surface area contributed by atoms with E-state index in [-0.39, 0.29) is 48.7 Å². The topological polar surface area (TPSA) is 202 Å². The summed E-state index contributed by atoms with van der Waals surface area (Å²) in [6.07, 6.45) is 12.1. The number of fused-ring (bicyclic) bond motifs is 2. The second-order valence-electron chi connectivity index (χ2n) is 16.6. The third-order valence-electron chi connectivity index (χ3n) is 11.8. The Labute approximate surface area is 393 Å². The molecular formula is C48H58Cl2N10O6. The third-order valence-corrected chi connectivity index (χ3v) is 12.5. The summed E-state index contributed by atoms with van der Waals surface area (Å²) in [5.74, 6) is 0.970. The number of hydrogen-bond acceptors (Lipinski definition) is 13. The third kappa shape index (κ3) is 12.0. The van der Waals surface area contributed by atoms with Crippen LogP contribution in [0, 0.1) is 0 Å². The molecule has 0 radical (unpaired) electrons. The van der Waals surface area contributed by atoms with Crippen LogP contribution in [0.3, 0.4) is 0 Å². The maximum Gasteiger partial charge on any atom is 0.407 e. The second-order valence-corrected chi connectivity index (χ2v) is 17.5. The molecular weight excluding hydrogens is 883 g/mol. The molecule has 2 fully saturated rings. The number of methoxy groups -OCH3 is 1. The number of halogens is 2. The van der Waals surface area contributed by atoms with Crippen LogP contribution >= 0.6 is 23.2 Å². The van der Waals surface area contributed by atoms with Crippen molar-refractivity contribution < 1.29 is 19.0 Å². The highest BCUT2D eigenvalue weighted by Gasteiger charge is 2.24. The van der Waals surface area contributed by atoms with Gasteiger partial charge in [-0.3, -0.25) is 18.7 Å². The van der Waals surface area contributed by atoms with Crippen molar-refractivity contribution >= 4 is 63.3 Å². The van der Waals surface area contributed by atoms with Gasteiger partial charge in [0.25, 0.3) is 11.1 Å². The smallest absolute Gasteiger partial charge is 0.407 e. The summed E-state index contributed by atoms with van der Waals surface area (Å²) in [6.45, 7) is 5.34. The molecule has 4 aromatic heterocycles. The Hall–Kier alpha value is -5.65. The van der Waals surface area contributed by atoms with Crippen molar-refractivity contribution in [3.8, 4) is 22.3 Å². The summed E-state index contributed by atoms with van der Waals surface area (Å²) < 4.78 is 19.2. The van der Waals surface area contributed by atoms with Gasteiger partial charge in [0.15, 0.2) is 0 Å². The molecule has 0 spiro atoms. The number of alkyl carbamates (subject to hydrolysis) is 1. The van der Waals surface area contributed by atoms with Gasteiger partial charge in [0.2, 0.25) is 11.9 Å². The predicted molar refractivity (Wildman–Crippen MR) is 260 cm³/mol. The van der Waals surface area contributed by atoms with E-state index < -0.39 is 6.09 Å². The molecule has 350 valence electrons. The van der Waals surface area contributed by atoms with Gasteiger partial charge in [-0.25, -0.2) is 14.8 Å². The molecule has 2 aliphatic carbocycles. The first-order valence-corrected chi connectivity index (χ1v) is 23.4. The van der Waals surface area contributed by atoms with Crippen LogP contribution in [0.1, 0.15) is 78.1 Å². The Morgan fingerprint density at radius 3 is 1.52 bits per heavy atom. The largest absolute Gasteiger partial charge is 0.453 e. The summed E-state index contributed by atoms with van der Waals surface area (Å²) >= 11 is 12.8. The van der Waals surface area contributed by atoms with Gasteiger partial charge in [-0.2, -0.15) is 9.97 Å². The van der Waals surface area contributed by atoms with Gasteiger partial charge < -0.3 is 35.9 Å². The van der Waals surface area contributed by atoms with E-state index in [0.29, 0.717) is 68.7 Å². The number of nitrogens with two attached hydrogens (primary N) is 1. The van der Waals surface area contributed by atoms with E-state index in [1.54, 1.807) is 41.2 Å². The lowest BCUT2D eigenvalue weighted by Gasteiger charge is -2.29. The van der Waals surface area contributed by atoms with Crippen LogP contribution in [-0.2, 0) is 27.7 Å². The molecule has 0 aliphatic heterocycles. The van der Waals surface area contributed by atoms with Crippen LogP contribution in [0.25, 0.3) is 44.3 Å². The number of anilines is 2. The van der Waals surface area contributed by atoms with Gasteiger partial charge in [-0.05, 0) is 88.5 Å². The maximum atomic E-state index is 13.5. The van der Waals surface area contributed by atoms with Gasteiger partial charge >= 0.3 is 6.09 Å². The lowest BCUT2D eigenvalue weighted by Crippen LogP contribution is -2.40. The Bertz CT molecular complexity index is 2720. The minimum atomic E-state index is -0.404. The van der Waals surface area contributed by atoms with Crippen LogP contribution in [0.2, 0.25) is 10.0 Å². The van der Waals surface area contributed by atoms with Crippen molar-refractivity contribution in [3.63, 3.8) is 0 Å². The molecule has 2 saturated carbocycles. The average molecular weight is 942 g/mol. The fraction of sp³-hybridized carbons (Fsp3) is 0.438. The summed E-state index contributed by atoms with van der Waals surface area (Å²) in [4.78, 5) is 56.7. The number of pyridine rings is 2. The molecule has 4 heterocycles. The first-order valence-electron chi connectivity index (χ1n) is 22.7. The lowest BCUT2D eigenvalue weighted by atomic mass is 9.91. The van der Waals surface area contributed by atoms with Crippen LogP contribution in [0.4, 0.5) is 16.7 Å². The number of nitrogens with zero attached hydrogens (tertiary/aromatic N) is 6. The first-order chi connectivity index (χ1) is 32.1. The van der Waals surface area contributed by atoms with E-state index in [1.807, 2.05) is 50.2 Å². The molecule has 1 amide bonds. The summed E-state index contributed by atoms with van der Waals surface area (Å²) in [6, 6.07) is 19.0. The second kappa shape index (κ2) is 23.2. The Kier molecular flexibility index (Phi) is 17.0. The molecule has 18 heteroatoms. The number of carbonyl (C=O) groups is 1. The highest BCUT2D eigenvalue weighted by molar-refractivity contribution is 6.33. The molecule has 66 heavy (non-hydrogen) atoms. The van der Waals surface area contributed by atoms with E-state index in [1.165, 1.54) is 11.7 Å². The van der Waals surface area contributed by atoms with Gasteiger partial charge in [0.1, 0.15) is 24.8 Å². The quantitative estimate of drug-likeness (QED) is 0.0713. The highest BCUT2D eigenvalue weighted by Crippen LogP contribution is 2.30.